The molecule has 10 nitrogen and oxygen atoms in total. The number of nitrogens with zero attached hydrogens (tertiary/aromatic N) is 3. The lowest BCUT2D eigenvalue weighted by molar-refractivity contribution is -0.134. The van der Waals surface area contributed by atoms with Crippen LogP contribution in [0.2, 0.25) is 5.02 Å². The van der Waals surface area contributed by atoms with E-state index in [4.69, 9.17) is 16.3 Å². The molecule has 4 rings (SSSR count). The summed E-state index contributed by atoms with van der Waals surface area (Å²) >= 11 is 3.49. The zero-order valence-corrected chi connectivity index (χ0v) is 21.8. The first-order valence-electron chi connectivity index (χ1n) is 11.0. The lowest BCUT2D eigenvalue weighted by Gasteiger charge is -2.38. The van der Waals surface area contributed by atoms with Crippen LogP contribution in [0.5, 0.6) is 11.5 Å². The van der Waals surface area contributed by atoms with Gasteiger partial charge in [-0.1, -0.05) is 11.6 Å². The molecule has 2 atom stereocenters. The number of ether oxygens (including phenoxy) is 1. The number of rotatable bonds is 8. The highest BCUT2D eigenvalue weighted by molar-refractivity contribution is 7.89. The van der Waals surface area contributed by atoms with Crippen molar-refractivity contribution in [1.29, 1.82) is 0 Å². The van der Waals surface area contributed by atoms with Gasteiger partial charge >= 0.3 is 0 Å². The normalized spacial score (nSPS) is 17.7. The third-order valence-corrected chi connectivity index (χ3v) is 9.19. The van der Waals surface area contributed by atoms with Crippen molar-refractivity contribution in [3.05, 3.63) is 83.1 Å². The van der Waals surface area contributed by atoms with Crippen molar-refractivity contribution >= 4 is 38.9 Å². The summed E-state index contributed by atoms with van der Waals surface area (Å²) < 4.78 is 76.1. The first kappa shape index (κ1) is 28.2. The first-order valence-corrected chi connectivity index (χ1v) is 14.1. The van der Waals surface area contributed by atoms with Gasteiger partial charge < -0.3 is 9.29 Å². The second-order valence-electron chi connectivity index (χ2n) is 8.12. The van der Waals surface area contributed by atoms with Gasteiger partial charge in [-0.2, -0.15) is 4.31 Å². The molecular weight excluding hydrogens is 566 g/mol. The molecule has 1 fully saturated rings. The summed E-state index contributed by atoms with van der Waals surface area (Å²) in [5, 5.41) is 9.62. The van der Waals surface area contributed by atoms with Gasteiger partial charge in [-0.15, -0.1) is 4.31 Å². The van der Waals surface area contributed by atoms with Gasteiger partial charge in [0, 0.05) is 42.6 Å². The molecule has 0 radical (unpaired) electrons. The number of nitrogens with one attached hydrogen (secondary N) is 1. The molecule has 0 aliphatic carbocycles. The number of carbonyl (C=O) groups is 1. The van der Waals surface area contributed by atoms with Gasteiger partial charge in [0.05, 0.1) is 23.7 Å². The Morgan fingerprint density at radius 3 is 2.39 bits per heavy atom. The van der Waals surface area contributed by atoms with E-state index in [1.165, 1.54) is 54.3 Å². The Kier molecular flexibility index (Phi) is 8.82. The molecule has 38 heavy (non-hydrogen) atoms. The third kappa shape index (κ3) is 6.40. The summed E-state index contributed by atoms with van der Waals surface area (Å²) in [7, 11) is -3.90. The van der Waals surface area contributed by atoms with E-state index >= 15 is 0 Å². The average Bonchev–Trinajstić information content (AvgIpc) is 2.90. The van der Waals surface area contributed by atoms with E-state index < -0.39 is 57.3 Å². The number of sulfonamides is 1. The van der Waals surface area contributed by atoms with Crippen LogP contribution in [0, 0.1) is 11.6 Å². The Hall–Kier alpha value is -2.85. The van der Waals surface area contributed by atoms with E-state index in [1.54, 1.807) is 0 Å². The smallest absolute Gasteiger partial charge is 0.266 e. The van der Waals surface area contributed by atoms with E-state index in [0.717, 1.165) is 20.7 Å². The van der Waals surface area contributed by atoms with Crippen molar-refractivity contribution in [3.63, 3.8) is 0 Å². The highest BCUT2D eigenvalue weighted by Crippen LogP contribution is 2.32. The molecule has 1 unspecified atom stereocenters. The van der Waals surface area contributed by atoms with E-state index in [2.05, 4.69) is 4.98 Å². The third-order valence-electron chi connectivity index (χ3n) is 5.62. The molecule has 2 N–H and O–H groups in total. The molecular formula is C23H21ClF2N4O6S2. The van der Waals surface area contributed by atoms with Crippen molar-refractivity contribution in [2.24, 2.45) is 0 Å². The molecule has 1 saturated heterocycles. The molecule has 0 spiro atoms. The fraction of sp³-hybridized carbons (Fsp3) is 0.217. The molecule has 1 aliphatic heterocycles. The molecule has 0 bridgehead atoms. The Morgan fingerprint density at radius 2 is 1.79 bits per heavy atom. The summed E-state index contributed by atoms with van der Waals surface area (Å²) in [6.45, 7) is -0.835. The summed E-state index contributed by atoms with van der Waals surface area (Å²) in [5.41, 5.74) is 1.91. The largest absolute Gasteiger partial charge is 0.593 e. The van der Waals surface area contributed by atoms with Crippen LogP contribution in [0.15, 0.2) is 65.8 Å². The van der Waals surface area contributed by atoms with Crippen LogP contribution in [0.1, 0.15) is 5.56 Å². The predicted molar refractivity (Wildman–Crippen MR) is 133 cm³/mol. The molecule has 15 heteroatoms. The quantitative estimate of drug-likeness (QED) is 0.234. The minimum Gasteiger partial charge on any atom is -0.593 e. The number of pyridine rings is 1. The summed E-state index contributed by atoms with van der Waals surface area (Å²) in [6.07, 6.45) is 2.88. The van der Waals surface area contributed by atoms with E-state index in [0.29, 0.717) is 10.6 Å². The monoisotopic (exact) mass is 586 g/mol. The van der Waals surface area contributed by atoms with E-state index in [9.17, 15) is 31.8 Å². The van der Waals surface area contributed by atoms with E-state index in [-0.39, 0.29) is 29.5 Å². The van der Waals surface area contributed by atoms with Crippen LogP contribution >= 0.6 is 11.6 Å². The van der Waals surface area contributed by atoms with Gasteiger partial charge in [0.25, 0.3) is 5.91 Å². The van der Waals surface area contributed by atoms with Crippen molar-refractivity contribution in [2.75, 3.05) is 19.6 Å². The standard InChI is InChI=1S/C23H21ClF2N4O6S2/c24-16-1-3-17(4-2-16)36-22-19(25)11-18(12-20(22)26)37(33)30-10-9-29(13-21(30)23(31)28-32)38(34,35)14-15-5-7-27-8-6-15/h1-8,11-12,21,32H,9-10,13-14H2,(H,28,31)/t21-,37?/m1/s1. The van der Waals surface area contributed by atoms with Crippen LogP contribution in [0.3, 0.4) is 0 Å². The number of hydroxylamine groups is 1. The van der Waals surface area contributed by atoms with Gasteiger partial charge in [-0.25, -0.2) is 22.7 Å². The zero-order valence-electron chi connectivity index (χ0n) is 19.5. The molecule has 202 valence electrons. The minimum atomic E-state index is -3.90. The average molecular weight is 587 g/mol. The van der Waals surface area contributed by atoms with Crippen LogP contribution in [-0.4, -0.2) is 63.4 Å². The molecule has 3 aromatic rings. The fourth-order valence-corrected chi connectivity index (χ4v) is 6.72. The lowest BCUT2D eigenvalue weighted by atomic mass is 10.2. The number of hydrogen-bond acceptors (Lipinski definition) is 8. The van der Waals surface area contributed by atoms with Crippen LogP contribution in [0.4, 0.5) is 8.78 Å². The van der Waals surface area contributed by atoms with Gasteiger partial charge in [-0.3, -0.25) is 15.0 Å². The minimum absolute atomic E-state index is 0.116. The number of amides is 1. The lowest BCUT2D eigenvalue weighted by Crippen LogP contribution is -2.61. The maximum atomic E-state index is 14.8. The summed E-state index contributed by atoms with van der Waals surface area (Å²) in [6, 6.07) is 9.00. The topological polar surface area (TPSA) is 135 Å². The van der Waals surface area contributed by atoms with Crippen LogP contribution < -0.4 is 10.2 Å². The molecule has 1 aromatic heterocycles. The molecule has 1 aliphatic rings. The number of hydrogen-bond donors (Lipinski definition) is 2. The van der Waals surface area contributed by atoms with Gasteiger partial charge in [0.2, 0.25) is 10.0 Å². The molecule has 2 heterocycles. The first-order chi connectivity index (χ1) is 18.1. The second-order valence-corrected chi connectivity index (χ2v) is 12.0. The van der Waals surface area contributed by atoms with Crippen molar-refractivity contribution < 1.29 is 36.5 Å². The Morgan fingerprint density at radius 1 is 1.16 bits per heavy atom. The number of halogens is 3. The zero-order chi connectivity index (χ0) is 27.4. The highest BCUT2D eigenvalue weighted by Gasteiger charge is 2.44. The van der Waals surface area contributed by atoms with Gasteiger partial charge in [0.1, 0.15) is 5.75 Å². The SMILES string of the molecule is O=C(NO)[C@H]1CN(S(=O)(=O)Cc2ccncc2)CCN1[S+]([O-])c1cc(F)c(Oc2ccc(Cl)cc2)c(F)c1. The van der Waals surface area contributed by atoms with Crippen LogP contribution in [-0.2, 0) is 31.9 Å². The maximum Gasteiger partial charge on any atom is 0.266 e. The molecule has 1 amide bonds. The Balaban J connectivity index is 1.54. The van der Waals surface area contributed by atoms with Crippen molar-refractivity contribution in [1.82, 2.24) is 19.1 Å². The number of benzene rings is 2. The molecule has 2 aromatic carbocycles. The van der Waals surface area contributed by atoms with Crippen molar-refractivity contribution in [3.8, 4) is 11.5 Å². The summed E-state index contributed by atoms with van der Waals surface area (Å²) in [4.78, 5) is 15.9. The summed E-state index contributed by atoms with van der Waals surface area (Å²) in [5.74, 6) is -4.31. The number of piperazine rings is 1. The van der Waals surface area contributed by atoms with Gasteiger partial charge in [0.15, 0.2) is 28.3 Å². The van der Waals surface area contributed by atoms with E-state index in [1.807, 2.05) is 0 Å². The molecule has 0 saturated carbocycles. The van der Waals surface area contributed by atoms with Gasteiger partial charge in [-0.05, 0) is 42.0 Å². The Labute approximate surface area is 225 Å². The predicted octanol–water partition coefficient (Wildman–Crippen LogP) is 2.85. The second kappa shape index (κ2) is 11.9. The number of aromatic nitrogens is 1. The van der Waals surface area contributed by atoms with Crippen LogP contribution in [0.25, 0.3) is 0 Å². The fourth-order valence-electron chi connectivity index (χ4n) is 3.75. The van der Waals surface area contributed by atoms with Crippen molar-refractivity contribution in [2.45, 2.75) is 16.7 Å². The highest BCUT2D eigenvalue weighted by atomic mass is 35.5. The number of carbonyl (C=O) groups excluding carboxylic acids is 1. The Bertz CT molecular complexity index is 1380. The maximum absolute atomic E-state index is 14.8.